The zero-order chi connectivity index (χ0) is 16.4. The van der Waals surface area contributed by atoms with E-state index < -0.39 is 10.8 Å². The molecule has 2 aromatic heterocycles. The Morgan fingerprint density at radius 2 is 1.52 bits per heavy atom. The van der Waals surface area contributed by atoms with Crippen LogP contribution in [0.4, 0.5) is 0 Å². The minimum atomic E-state index is -0.466. The van der Waals surface area contributed by atoms with Gasteiger partial charge in [-0.1, -0.05) is 11.1 Å². The summed E-state index contributed by atoms with van der Waals surface area (Å²) in [4.78, 5) is 20.8. The van der Waals surface area contributed by atoms with Gasteiger partial charge >= 0.3 is 5.95 Å². The second kappa shape index (κ2) is 6.11. The SMILES string of the molecule is CC1(C)C(=O)C(C)(C)c2cc3[nH]c(-[n+]4ccccc4)nc3cc21.Cl.[Cl-]. The average molecular weight is 378 g/mol. The number of aromatic nitrogens is 3. The van der Waals surface area contributed by atoms with Gasteiger partial charge in [0.15, 0.2) is 11.3 Å². The van der Waals surface area contributed by atoms with E-state index in [1.54, 1.807) is 0 Å². The summed E-state index contributed by atoms with van der Waals surface area (Å²) in [5.74, 6) is 1.05. The normalized spacial score (nSPS) is 16.9. The van der Waals surface area contributed by atoms with Crippen LogP contribution in [0.2, 0.25) is 0 Å². The summed E-state index contributed by atoms with van der Waals surface area (Å²) in [6, 6.07) is 10.1. The number of benzene rings is 1. The zero-order valence-corrected chi connectivity index (χ0v) is 16.2. The number of Topliss-reactive ketones (excluding diaryl/α,β-unsaturated/α-hetero) is 1. The molecule has 6 heteroatoms. The van der Waals surface area contributed by atoms with E-state index >= 15 is 0 Å². The molecule has 0 saturated carbocycles. The van der Waals surface area contributed by atoms with Crippen LogP contribution < -0.4 is 17.0 Å². The van der Waals surface area contributed by atoms with E-state index in [2.05, 4.69) is 17.1 Å². The van der Waals surface area contributed by atoms with Gasteiger partial charge < -0.3 is 12.4 Å². The van der Waals surface area contributed by atoms with Crippen molar-refractivity contribution in [3.05, 3.63) is 53.9 Å². The molecular formula is C19H21Cl2N3O. The lowest BCUT2D eigenvalue weighted by Crippen LogP contribution is -3.00. The Kier molecular flexibility index (Phi) is 4.75. The maximum absolute atomic E-state index is 12.8. The molecule has 1 aliphatic carbocycles. The van der Waals surface area contributed by atoms with Crippen LogP contribution in [0.15, 0.2) is 42.7 Å². The molecule has 0 fully saturated rings. The number of ketones is 1. The third-order valence-electron chi connectivity index (χ3n) is 5.05. The summed E-state index contributed by atoms with van der Waals surface area (Å²) in [6.07, 6.45) is 3.92. The summed E-state index contributed by atoms with van der Waals surface area (Å²) >= 11 is 0. The summed E-state index contributed by atoms with van der Waals surface area (Å²) in [5, 5.41) is 0. The number of imidazole rings is 1. The van der Waals surface area contributed by atoms with Crippen molar-refractivity contribution in [2.45, 2.75) is 38.5 Å². The van der Waals surface area contributed by atoms with E-state index in [-0.39, 0.29) is 30.6 Å². The summed E-state index contributed by atoms with van der Waals surface area (Å²) in [6.45, 7) is 8.04. The number of H-pyrrole nitrogens is 1. The molecule has 2 heterocycles. The molecule has 0 saturated heterocycles. The van der Waals surface area contributed by atoms with Gasteiger partial charge in [0.05, 0.1) is 12.4 Å². The molecule has 0 spiro atoms. The molecule has 4 rings (SSSR count). The molecule has 0 unspecified atom stereocenters. The number of fused-ring (bicyclic) bond motifs is 2. The highest BCUT2D eigenvalue weighted by atomic mass is 35.5. The highest BCUT2D eigenvalue weighted by Crippen LogP contribution is 2.47. The third-order valence-corrected chi connectivity index (χ3v) is 5.05. The summed E-state index contributed by atoms with van der Waals surface area (Å²) in [5.41, 5.74) is 3.14. The van der Waals surface area contributed by atoms with Gasteiger partial charge in [0, 0.05) is 10.8 Å². The van der Waals surface area contributed by atoms with E-state index in [4.69, 9.17) is 4.98 Å². The molecule has 3 aromatic rings. The number of nitrogens with one attached hydrogen (secondary N) is 1. The van der Waals surface area contributed by atoms with Gasteiger partial charge in [-0.15, -0.1) is 12.4 Å². The highest BCUT2D eigenvalue weighted by molar-refractivity contribution is 6.04. The summed E-state index contributed by atoms with van der Waals surface area (Å²) in [7, 11) is 0. The topological polar surface area (TPSA) is 49.6 Å². The monoisotopic (exact) mass is 377 g/mol. The van der Waals surface area contributed by atoms with Crippen molar-refractivity contribution in [3.63, 3.8) is 0 Å². The van der Waals surface area contributed by atoms with Crippen LogP contribution in [-0.4, -0.2) is 15.8 Å². The largest absolute Gasteiger partial charge is 1.00 e. The van der Waals surface area contributed by atoms with Crippen LogP contribution in [0.3, 0.4) is 0 Å². The fourth-order valence-corrected chi connectivity index (χ4v) is 3.77. The van der Waals surface area contributed by atoms with Crippen molar-refractivity contribution >= 4 is 29.2 Å². The molecule has 0 atom stereocenters. The minimum absolute atomic E-state index is 0. The molecule has 0 bridgehead atoms. The number of aromatic amines is 1. The Labute approximate surface area is 159 Å². The van der Waals surface area contributed by atoms with Gasteiger partial charge in [0.25, 0.3) is 0 Å². The van der Waals surface area contributed by atoms with Crippen molar-refractivity contribution < 1.29 is 21.8 Å². The molecule has 0 aliphatic heterocycles. The molecule has 1 aliphatic rings. The van der Waals surface area contributed by atoms with E-state index in [0.29, 0.717) is 0 Å². The number of nitrogens with zero attached hydrogens (tertiary/aromatic N) is 2. The number of halogens is 2. The lowest BCUT2D eigenvalue weighted by Gasteiger charge is -2.21. The number of rotatable bonds is 1. The van der Waals surface area contributed by atoms with Gasteiger partial charge in [-0.05, 0) is 63.1 Å². The minimum Gasteiger partial charge on any atom is -1.00 e. The Balaban J connectivity index is 0.00000113. The van der Waals surface area contributed by atoms with E-state index in [9.17, 15) is 4.79 Å². The Hall–Kier alpha value is -1.91. The molecular weight excluding hydrogens is 357 g/mol. The smallest absolute Gasteiger partial charge is 0.401 e. The molecule has 1 N–H and O–H groups in total. The first-order valence-electron chi connectivity index (χ1n) is 7.88. The van der Waals surface area contributed by atoms with Crippen LogP contribution in [0.25, 0.3) is 17.0 Å². The predicted octanol–water partition coefficient (Wildman–Crippen LogP) is 0.403. The fraction of sp³-hybridized carbons (Fsp3) is 0.316. The van der Waals surface area contributed by atoms with Crippen LogP contribution in [-0.2, 0) is 15.6 Å². The van der Waals surface area contributed by atoms with Crippen molar-refractivity contribution in [1.29, 1.82) is 0 Å². The molecule has 132 valence electrons. The molecule has 4 nitrogen and oxygen atoms in total. The molecule has 1 aromatic carbocycles. The number of hydrogen-bond donors (Lipinski definition) is 1. The number of carbonyl (C=O) groups is 1. The van der Waals surface area contributed by atoms with E-state index in [1.807, 2.05) is 62.9 Å². The molecule has 25 heavy (non-hydrogen) atoms. The maximum atomic E-state index is 12.8. The van der Waals surface area contributed by atoms with Gasteiger partial charge in [0.2, 0.25) is 0 Å². The van der Waals surface area contributed by atoms with E-state index in [0.717, 1.165) is 28.1 Å². The zero-order valence-electron chi connectivity index (χ0n) is 14.6. The first-order chi connectivity index (χ1) is 10.8. The second-order valence-corrected chi connectivity index (χ2v) is 7.34. The number of carbonyl (C=O) groups excluding carboxylic acids is 1. The van der Waals surface area contributed by atoms with Gasteiger partial charge in [-0.2, -0.15) is 0 Å². The van der Waals surface area contributed by atoms with Gasteiger partial charge in [-0.25, -0.2) is 9.55 Å². The van der Waals surface area contributed by atoms with Crippen molar-refractivity contribution in [1.82, 2.24) is 9.97 Å². The van der Waals surface area contributed by atoms with Crippen molar-refractivity contribution in [2.75, 3.05) is 0 Å². The quantitative estimate of drug-likeness (QED) is 0.624. The molecule has 0 radical (unpaired) electrons. The summed E-state index contributed by atoms with van der Waals surface area (Å²) < 4.78 is 1.95. The standard InChI is InChI=1S/C19H20N3O.2ClH/c1-18(2)12-10-14-15(11-13(12)19(3,4)16(18)23)21-17(20-14)22-8-6-5-7-9-22;;/h5-11H,1-4H3,(H,20,21);2*1H/q+1;;/p-1. The van der Waals surface area contributed by atoms with Crippen LogP contribution >= 0.6 is 12.4 Å². The lowest BCUT2D eigenvalue weighted by atomic mass is 9.80. The predicted molar refractivity (Wildman–Crippen MR) is 95.9 cm³/mol. The fourth-order valence-electron chi connectivity index (χ4n) is 3.77. The number of pyridine rings is 1. The third kappa shape index (κ3) is 2.64. The van der Waals surface area contributed by atoms with Crippen LogP contribution in [0.5, 0.6) is 0 Å². The maximum Gasteiger partial charge on any atom is 0.401 e. The second-order valence-electron chi connectivity index (χ2n) is 7.34. The van der Waals surface area contributed by atoms with Gasteiger partial charge in [-0.3, -0.25) is 4.79 Å². The Morgan fingerprint density at radius 3 is 2.12 bits per heavy atom. The average Bonchev–Trinajstić information content (AvgIpc) is 3.01. The Bertz CT molecular complexity index is 891. The van der Waals surface area contributed by atoms with Crippen LogP contribution in [0, 0.1) is 0 Å². The van der Waals surface area contributed by atoms with Gasteiger partial charge in [0.1, 0.15) is 5.52 Å². The highest BCUT2D eigenvalue weighted by Gasteiger charge is 2.50. The van der Waals surface area contributed by atoms with E-state index in [1.165, 1.54) is 0 Å². The molecule has 0 amide bonds. The van der Waals surface area contributed by atoms with Crippen molar-refractivity contribution in [3.8, 4) is 5.95 Å². The van der Waals surface area contributed by atoms with Crippen LogP contribution in [0.1, 0.15) is 38.8 Å². The van der Waals surface area contributed by atoms with Crippen molar-refractivity contribution in [2.24, 2.45) is 0 Å². The lowest BCUT2D eigenvalue weighted by molar-refractivity contribution is -0.603. The Morgan fingerprint density at radius 1 is 0.960 bits per heavy atom. The first kappa shape index (κ1) is 19.4. The number of hydrogen-bond acceptors (Lipinski definition) is 2. The first-order valence-corrected chi connectivity index (χ1v) is 7.88.